The number of ketones is 1. The van der Waals surface area contributed by atoms with E-state index in [1.165, 1.54) is 0 Å². The number of fused-ring (bicyclic) bond motifs is 1. The van der Waals surface area contributed by atoms with Crippen molar-refractivity contribution < 1.29 is 4.79 Å². The number of nitrogens with zero attached hydrogens (tertiary/aromatic N) is 1. The molecule has 0 fully saturated rings. The second-order valence-electron chi connectivity index (χ2n) is 5.96. The van der Waals surface area contributed by atoms with E-state index >= 15 is 0 Å². The zero-order chi connectivity index (χ0) is 17.6. The molecule has 0 radical (unpaired) electrons. The Kier molecular flexibility index (Phi) is 5.30. The molecule has 0 N–H and O–H groups in total. The van der Waals surface area contributed by atoms with E-state index in [1.54, 1.807) is 6.08 Å². The molecule has 3 rings (SSSR count). The van der Waals surface area contributed by atoms with Crippen LogP contribution in [-0.4, -0.2) is 23.8 Å². The standard InChI is InChI=1S/C23H23NO/c1-3-24(4-2)22(19-12-6-5-7-13-19)17-23(25)21-16-10-14-18-11-8-9-15-20(18)21/h5-17H,3-4H2,1-2H3/b22-17-. The van der Waals surface area contributed by atoms with Crippen LogP contribution in [0.4, 0.5) is 0 Å². The molecular formula is C23H23NO. The Bertz CT molecular complexity index is 887. The van der Waals surface area contributed by atoms with Crippen LogP contribution in [0.5, 0.6) is 0 Å². The first-order chi connectivity index (χ1) is 12.2. The molecule has 126 valence electrons. The van der Waals surface area contributed by atoms with Crippen molar-refractivity contribution in [2.75, 3.05) is 13.1 Å². The summed E-state index contributed by atoms with van der Waals surface area (Å²) in [5, 5.41) is 2.09. The predicted octanol–water partition coefficient (Wildman–Crippen LogP) is 5.41. The third kappa shape index (κ3) is 3.63. The Morgan fingerprint density at radius 2 is 1.48 bits per heavy atom. The molecule has 0 spiro atoms. The second kappa shape index (κ2) is 7.80. The minimum absolute atomic E-state index is 0.0440. The molecule has 0 aliphatic carbocycles. The number of rotatable bonds is 6. The predicted molar refractivity (Wildman–Crippen MR) is 106 cm³/mol. The monoisotopic (exact) mass is 329 g/mol. The van der Waals surface area contributed by atoms with Gasteiger partial charge < -0.3 is 4.90 Å². The lowest BCUT2D eigenvalue weighted by Gasteiger charge is -2.24. The van der Waals surface area contributed by atoms with Gasteiger partial charge in [-0.3, -0.25) is 4.79 Å². The van der Waals surface area contributed by atoms with Crippen molar-refractivity contribution in [3.8, 4) is 0 Å². The first-order valence-corrected chi connectivity index (χ1v) is 8.78. The Morgan fingerprint density at radius 1 is 0.840 bits per heavy atom. The average Bonchev–Trinajstić information content (AvgIpc) is 2.68. The average molecular weight is 329 g/mol. The summed E-state index contributed by atoms with van der Waals surface area (Å²) in [6, 6.07) is 24.0. The van der Waals surface area contributed by atoms with Crippen molar-refractivity contribution in [2.24, 2.45) is 0 Å². The van der Waals surface area contributed by atoms with Crippen molar-refractivity contribution in [2.45, 2.75) is 13.8 Å². The van der Waals surface area contributed by atoms with E-state index in [0.29, 0.717) is 0 Å². The van der Waals surface area contributed by atoms with Gasteiger partial charge in [0.25, 0.3) is 0 Å². The molecule has 2 nitrogen and oxygen atoms in total. The molecule has 0 amide bonds. The summed E-state index contributed by atoms with van der Waals surface area (Å²) in [6.07, 6.45) is 1.78. The highest BCUT2D eigenvalue weighted by Gasteiger charge is 2.13. The van der Waals surface area contributed by atoms with Gasteiger partial charge in [0.2, 0.25) is 0 Å². The first-order valence-electron chi connectivity index (χ1n) is 8.78. The van der Waals surface area contributed by atoms with Crippen LogP contribution in [0, 0.1) is 0 Å². The van der Waals surface area contributed by atoms with Gasteiger partial charge in [-0.25, -0.2) is 0 Å². The topological polar surface area (TPSA) is 20.3 Å². The van der Waals surface area contributed by atoms with Gasteiger partial charge in [0.1, 0.15) is 0 Å². The Labute approximate surface area is 149 Å². The van der Waals surface area contributed by atoms with Gasteiger partial charge >= 0.3 is 0 Å². The lowest BCUT2D eigenvalue weighted by atomic mass is 9.99. The van der Waals surface area contributed by atoms with Crippen molar-refractivity contribution in [1.82, 2.24) is 4.90 Å². The normalized spacial score (nSPS) is 11.5. The largest absolute Gasteiger partial charge is 0.371 e. The molecular weight excluding hydrogens is 306 g/mol. The summed E-state index contributed by atoms with van der Waals surface area (Å²) in [5.41, 5.74) is 2.79. The van der Waals surface area contributed by atoms with Gasteiger partial charge in [0, 0.05) is 30.4 Å². The zero-order valence-electron chi connectivity index (χ0n) is 14.8. The third-order valence-corrected chi connectivity index (χ3v) is 4.50. The molecule has 0 aromatic heterocycles. The van der Waals surface area contributed by atoms with E-state index in [2.05, 4.69) is 30.9 Å². The van der Waals surface area contributed by atoms with E-state index in [0.717, 1.165) is 40.7 Å². The fourth-order valence-corrected chi connectivity index (χ4v) is 3.17. The van der Waals surface area contributed by atoms with Crippen LogP contribution in [0.2, 0.25) is 0 Å². The summed E-state index contributed by atoms with van der Waals surface area (Å²) in [5.74, 6) is 0.0440. The van der Waals surface area contributed by atoms with Gasteiger partial charge in [-0.05, 0) is 30.2 Å². The van der Waals surface area contributed by atoms with E-state index in [9.17, 15) is 4.79 Å². The van der Waals surface area contributed by atoms with Crippen LogP contribution in [-0.2, 0) is 0 Å². The maximum absolute atomic E-state index is 13.1. The van der Waals surface area contributed by atoms with E-state index in [4.69, 9.17) is 0 Å². The van der Waals surface area contributed by atoms with Crippen LogP contribution in [0.25, 0.3) is 16.5 Å². The fraction of sp³-hybridized carbons (Fsp3) is 0.174. The summed E-state index contributed by atoms with van der Waals surface area (Å²) in [4.78, 5) is 15.3. The number of hydrogen-bond donors (Lipinski definition) is 0. The Hall–Kier alpha value is -2.87. The summed E-state index contributed by atoms with van der Waals surface area (Å²) in [7, 11) is 0. The minimum Gasteiger partial charge on any atom is -0.371 e. The molecule has 0 heterocycles. The molecule has 2 heteroatoms. The number of hydrogen-bond acceptors (Lipinski definition) is 2. The van der Waals surface area contributed by atoms with Gasteiger partial charge in [0.15, 0.2) is 5.78 Å². The molecule has 0 saturated carbocycles. The smallest absolute Gasteiger partial charge is 0.188 e. The van der Waals surface area contributed by atoms with Crippen LogP contribution in [0.3, 0.4) is 0 Å². The van der Waals surface area contributed by atoms with Gasteiger partial charge in [0.05, 0.1) is 0 Å². The molecule has 0 atom stereocenters. The fourth-order valence-electron chi connectivity index (χ4n) is 3.17. The van der Waals surface area contributed by atoms with Crippen LogP contribution >= 0.6 is 0 Å². The lowest BCUT2D eigenvalue weighted by molar-refractivity contribution is 0.104. The molecule has 0 bridgehead atoms. The van der Waals surface area contributed by atoms with Crippen LogP contribution < -0.4 is 0 Å². The third-order valence-electron chi connectivity index (χ3n) is 4.50. The summed E-state index contributed by atoms with van der Waals surface area (Å²) < 4.78 is 0. The highest BCUT2D eigenvalue weighted by molar-refractivity contribution is 6.15. The van der Waals surface area contributed by atoms with E-state index in [1.807, 2.05) is 60.7 Å². The van der Waals surface area contributed by atoms with E-state index in [-0.39, 0.29) is 5.78 Å². The maximum atomic E-state index is 13.1. The number of allylic oxidation sites excluding steroid dienone is 1. The van der Waals surface area contributed by atoms with E-state index < -0.39 is 0 Å². The Morgan fingerprint density at radius 3 is 2.20 bits per heavy atom. The molecule has 0 aliphatic heterocycles. The molecule has 25 heavy (non-hydrogen) atoms. The van der Waals surface area contributed by atoms with Crippen molar-refractivity contribution >= 4 is 22.3 Å². The molecule has 3 aromatic carbocycles. The van der Waals surface area contributed by atoms with Crippen molar-refractivity contribution in [3.63, 3.8) is 0 Å². The van der Waals surface area contributed by atoms with Gasteiger partial charge in [-0.2, -0.15) is 0 Å². The number of benzene rings is 3. The van der Waals surface area contributed by atoms with Crippen molar-refractivity contribution in [1.29, 1.82) is 0 Å². The Balaban J connectivity index is 2.09. The summed E-state index contributed by atoms with van der Waals surface area (Å²) >= 11 is 0. The molecule has 0 aliphatic rings. The SMILES string of the molecule is CCN(CC)/C(=C\C(=O)c1cccc2ccccc12)c1ccccc1. The second-order valence-corrected chi connectivity index (χ2v) is 5.96. The van der Waals surface area contributed by atoms with Crippen LogP contribution in [0.15, 0.2) is 78.9 Å². The summed E-state index contributed by atoms with van der Waals surface area (Å²) in [6.45, 7) is 5.95. The molecule has 0 saturated heterocycles. The van der Waals surface area contributed by atoms with Gasteiger partial charge in [-0.15, -0.1) is 0 Å². The number of carbonyl (C=O) groups excluding carboxylic acids is 1. The molecule has 3 aromatic rings. The van der Waals surface area contributed by atoms with Crippen molar-refractivity contribution in [3.05, 3.63) is 90.0 Å². The lowest BCUT2D eigenvalue weighted by Crippen LogP contribution is -2.22. The number of carbonyl (C=O) groups is 1. The highest BCUT2D eigenvalue weighted by atomic mass is 16.1. The zero-order valence-corrected chi connectivity index (χ0v) is 14.8. The van der Waals surface area contributed by atoms with Gasteiger partial charge in [-0.1, -0.05) is 72.8 Å². The quantitative estimate of drug-likeness (QED) is 0.445. The highest BCUT2D eigenvalue weighted by Crippen LogP contribution is 2.23. The maximum Gasteiger partial charge on any atom is 0.188 e. The van der Waals surface area contributed by atoms with Crippen LogP contribution in [0.1, 0.15) is 29.8 Å². The minimum atomic E-state index is 0.0440. The first kappa shape index (κ1) is 17.0. The molecule has 0 unspecified atom stereocenters.